The lowest BCUT2D eigenvalue weighted by Gasteiger charge is -2.13. The standard InChI is InChI=1S/C19H20N4O3/c1-25-15-4-2-3-13(11-15)19(24)22-14-5-6-18(26-10-8-20)16(12-14)17-7-9-21-23-17/h2-7,9,11-12H,8,10,20H2,1H3,(H,21,23)(H,22,24). The van der Waals surface area contributed by atoms with Crippen LogP contribution in [0.1, 0.15) is 10.4 Å². The summed E-state index contributed by atoms with van der Waals surface area (Å²) in [6.07, 6.45) is 1.66. The van der Waals surface area contributed by atoms with Crippen molar-refractivity contribution in [3.05, 3.63) is 60.3 Å². The van der Waals surface area contributed by atoms with Crippen molar-refractivity contribution < 1.29 is 14.3 Å². The second kappa shape index (κ2) is 8.17. The summed E-state index contributed by atoms with van der Waals surface area (Å²) < 4.78 is 10.8. The summed E-state index contributed by atoms with van der Waals surface area (Å²) in [6.45, 7) is 0.813. The van der Waals surface area contributed by atoms with Crippen molar-refractivity contribution in [2.45, 2.75) is 0 Å². The van der Waals surface area contributed by atoms with Crippen LogP contribution in [0.4, 0.5) is 5.69 Å². The van der Waals surface area contributed by atoms with Gasteiger partial charge in [0, 0.05) is 29.6 Å². The third kappa shape index (κ3) is 4.01. The molecule has 1 amide bonds. The number of nitrogens with one attached hydrogen (secondary N) is 2. The maximum absolute atomic E-state index is 12.5. The van der Waals surface area contributed by atoms with Gasteiger partial charge in [0.2, 0.25) is 0 Å². The van der Waals surface area contributed by atoms with Gasteiger partial charge in [-0.2, -0.15) is 5.10 Å². The van der Waals surface area contributed by atoms with E-state index in [2.05, 4.69) is 15.5 Å². The Morgan fingerprint density at radius 3 is 2.85 bits per heavy atom. The number of aromatic nitrogens is 2. The first-order chi connectivity index (χ1) is 12.7. The Kier molecular flexibility index (Phi) is 5.50. The molecule has 1 heterocycles. The van der Waals surface area contributed by atoms with E-state index < -0.39 is 0 Å². The van der Waals surface area contributed by atoms with Crippen molar-refractivity contribution in [1.29, 1.82) is 0 Å². The monoisotopic (exact) mass is 352 g/mol. The number of ether oxygens (including phenoxy) is 2. The summed E-state index contributed by atoms with van der Waals surface area (Å²) in [5.41, 5.74) is 8.25. The van der Waals surface area contributed by atoms with E-state index in [4.69, 9.17) is 15.2 Å². The number of H-pyrrole nitrogens is 1. The Hall–Kier alpha value is -3.32. The van der Waals surface area contributed by atoms with E-state index >= 15 is 0 Å². The van der Waals surface area contributed by atoms with E-state index in [9.17, 15) is 4.79 Å². The molecular formula is C19H20N4O3. The molecule has 0 unspecified atom stereocenters. The number of rotatable bonds is 7. The van der Waals surface area contributed by atoms with Crippen molar-refractivity contribution in [2.75, 3.05) is 25.6 Å². The normalized spacial score (nSPS) is 10.4. The van der Waals surface area contributed by atoms with Crippen molar-refractivity contribution in [3.63, 3.8) is 0 Å². The number of hydrogen-bond donors (Lipinski definition) is 3. The van der Waals surface area contributed by atoms with Gasteiger partial charge in [-0.15, -0.1) is 0 Å². The van der Waals surface area contributed by atoms with Crippen LogP contribution < -0.4 is 20.5 Å². The SMILES string of the molecule is COc1cccc(C(=O)Nc2ccc(OCCN)c(-c3ccn[nH]3)c2)c1. The van der Waals surface area contributed by atoms with Crippen molar-refractivity contribution >= 4 is 11.6 Å². The smallest absolute Gasteiger partial charge is 0.255 e. The molecule has 0 spiro atoms. The molecule has 0 atom stereocenters. The Morgan fingerprint density at radius 1 is 1.23 bits per heavy atom. The molecule has 0 aliphatic carbocycles. The fourth-order valence-electron chi connectivity index (χ4n) is 2.49. The average Bonchev–Trinajstić information content (AvgIpc) is 3.21. The fourth-order valence-corrected chi connectivity index (χ4v) is 2.49. The van der Waals surface area contributed by atoms with Gasteiger partial charge in [0.15, 0.2) is 0 Å². The van der Waals surface area contributed by atoms with Crippen LogP contribution in [0, 0.1) is 0 Å². The van der Waals surface area contributed by atoms with E-state index in [1.807, 2.05) is 12.1 Å². The Bertz CT molecular complexity index is 878. The minimum Gasteiger partial charge on any atom is -0.497 e. The minimum atomic E-state index is -0.227. The molecule has 7 nitrogen and oxygen atoms in total. The first kappa shape index (κ1) is 17.5. The zero-order valence-corrected chi connectivity index (χ0v) is 14.4. The summed E-state index contributed by atoms with van der Waals surface area (Å²) in [5.74, 6) is 1.07. The third-order valence-electron chi connectivity index (χ3n) is 3.74. The van der Waals surface area contributed by atoms with Crippen LogP contribution in [0.15, 0.2) is 54.7 Å². The van der Waals surface area contributed by atoms with Crippen LogP contribution in [0.5, 0.6) is 11.5 Å². The van der Waals surface area contributed by atoms with Gasteiger partial charge in [0.1, 0.15) is 18.1 Å². The molecule has 134 valence electrons. The van der Waals surface area contributed by atoms with Crippen LogP contribution in [-0.2, 0) is 0 Å². The molecule has 4 N–H and O–H groups in total. The second-order valence-electron chi connectivity index (χ2n) is 5.50. The van der Waals surface area contributed by atoms with Crippen LogP contribution >= 0.6 is 0 Å². The zero-order chi connectivity index (χ0) is 18.4. The predicted molar refractivity (Wildman–Crippen MR) is 99.5 cm³/mol. The largest absolute Gasteiger partial charge is 0.497 e. The quantitative estimate of drug-likeness (QED) is 0.607. The van der Waals surface area contributed by atoms with Gasteiger partial charge in [-0.05, 0) is 42.5 Å². The molecule has 0 saturated heterocycles. The molecule has 0 aliphatic rings. The highest BCUT2D eigenvalue weighted by atomic mass is 16.5. The molecule has 1 aromatic heterocycles. The molecule has 0 bridgehead atoms. The average molecular weight is 352 g/mol. The minimum absolute atomic E-state index is 0.227. The van der Waals surface area contributed by atoms with Gasteiger partial charge >= 0.3 is 0 Å². The molecule has 0 saturated carbocycles. The highest BCUT2D eigenvalue weighted by Crippen LogP contribution is 2.31. The number of aromatic amines is 1. The zero-order valence-electron chi connectivity index (χ0n) is 14.4. The Labute approximate surface area is 151 Å². The van der Waals surface area contributed by atoms with Crippen molar-refractivity contribution in [2.24, 2.45) is 5.73 Å². The highest BCUT2D eigenvalue weighted by molar-refractivity contribution is 6.04. The van der Waals surface area contributed by atoms with Gasteiger partial charge < -0.3 is 20.5 Å². The van der Waals surface area contributed by atoms with Crippen LogP contribution in [-0.4, -0.2) is 36.4 Å². The summed E-state index contributed by atoms with van der Waals surface area (Å²) in [4.78, 5) is 12.5. The van der Waals surface area contributed by atoms with Crippen molar-refractivity contribution in [1.82, 2.24) is 10.2 Å². The first-order valence-electron chi connectivity index (χ1n) is 8.13. The van der Waals surface area contributed by atoms with Gasteiger partial charge in [0.25, 0.3) is 5.91 Å². The molecular weight excluding hydrogens is 332 g/mol. The first-order valence-corrected chi connectivity index (χ1v) is 8.13. The number of hydrogen-bond acceptors (Lipinski definition) is 5. The maximum atomic E-state index is 12.5. The van der Waals surface area contributed by atoms with Crippen molar-refractivity contribution in [3.8, 4) is 22.8 Å². The van der Waals surface area contributed by atoms with Crippen LogP contribution in [0.2, 0.25) is 0 Å². The lowest BCUT2D eigenvalue weighted by molar-refractivity contribution is 0.102. The second-order valence-corrected chi connectivity index (χ2v) is 5.50. The van der Waals surface area contributed by atoms with Gasteiger partial charge in [-0.3, -0.25) is 9.89 Å². The maximum Gasteiger partial charge on any atom is 0.255 e. The number of methoxy groups -OCH3 is 1. The lowest BCUT2D eigenvalue weighted by atomic mass is 10.1. The highest BCUT2D eigenvalue weighted by Gasteiger charge is 2.12. The van der Waals surface area contributed by atoms with Crippen LogP contribution in [0.3, 0.4) is 0 Å². The summed E-state index contributed by atoms with van der Waals surface area (Å²) in [7, 11) is 1.56. The predicted octanol–water partition coefficient (Wildman–Crippen LogP) is 2.68. The molecule has 26 heavy (non-hydrogen) atoms. The summed E-state index contributed by atoms with van der Waals surface area (Å²) >= 11 is 0. The van der Waals surface area contributed by atoms with Gasteiger partial charge in [-0.25, -0.2) is 0 Å². The molecule has 3 aromatic rings. The molecule has 3 rings (SSSR count). The number of benzene rings is 2. The van der Waals surface area contributed by atoms with E-state index in [1.54, 1.807) is 49.7 Å². The molecule has 0 fully saturated rings. The number of carbonyl (C=O) groups excluding carboxylic acids is 1. The Morgan fingerprint density at radius 2 is 2.12 bits per heavy atom. The van der Waals surface area contributed by atoms with E-state index in [-0.39, 0.29) is 5.91 Å². The number of nitrogens with two attached hydrogens (primary N) is 1. The number of anilines is 1. The molecule has 0 radical (unpaired) electrons. The van der Waals surface area contributed by atoms with E-state index in [0.717, 1.165) is 11.3 Å². The van der Waals surface area contributed by atoms with Crippen LogP contribution in [0.25, 0.3) is 11.3 Å². The molecule has 2 aromatic carbocycles. The van der Waals surface area contributed by atoms with E-state index in [1.165, 1.54) is 0 Å². The topological polar surface area (TPSA) is 102 Å². The lowest BCUT2D eigenvalue weighted by Crippen LogP contribution is -2.13. The summed E-state index contributed by atoms with van der Waals surface area (Å²) in [6, 6.07) is 14.2. The fraction of sp³-hybridized carbons (Fsp3) is 0.158. The van der Waals surface area contributed by atoms with E-state index in [0.29, 0.717) is 35.9 Å². The number of amides is 1. The number of nitrogens with zero attached hydrogens (tertiary/aromatic N) is 1. The molecule has 0 aliphatic heterocycles. The third-order valence-corrected chi connectivity index (χ3v) is 3.74. The van der Waals surface area contributed by atoms with Gasteiger partial charge in [0.05, 0.1) is 12.8 Å². The van der Waals surface area contributed by atoms with Gasteiger partial charge in [-0.1, -0.05) is 6.07 Å². The Balaban J connectivity index is 1.86. The summed E-state index contributed by atoms with van der Waals surface area (Å²) in [5, 5.41) is 9.76. The molecule has 7 heteroatoms. The number of carbonyl (C=O) groups is 1.